The molecular weight excluding hydrogens is 322 g/mol. The molecule has 1 aromatic heterocycles. The van der Waals surface area contributed by atoms with E-state index < -0.39 is 0 Å². The lowest BCUT2D eigenvalue weighted by Crippen LogP contribution is -2.26. The summed E-state index contributed by atoms with van der Waals surface area (Å²) in [5.74, 6) is 0. The molecule has 2 rings (SSSR count). The smallest absolute Gasteiger partial charge is 0.0732 e. The Bertz CT molecular complexity index is 487. The summed E-state index contributed by atoms with van der Waals surface area (Å²) in [5, 5.41) is 5.51. The Kier molecular flexibility index (Phi) is 6.04. The molecule has 1 unspecified atom stereocenters. The largest absolute Gasteiger partial charge is 0.372 e. The molecule has 19 heavy (non-hydrogen) atoms. The first-order valence-electron chi connectivity index (χ1n) is 6.34. The summed E-state index contributed by atoms with van der Waals surface area (Å²) in [5.41, 5.74) is 1.19. The van der Waals surface area contributed by atoms with Gasteiger partial charge in [-0.3, -0.25) is 0 Å². The van der Waals surface area contributed by atoms with Gasteiger partial charge < -0.3 is 10.1 Å². The van der Waals surface area contributed by atoms with Gasteiger partial charge in [0.1, 0.15) is 0 Å². The number of hydrogen-bond donors (Lipinski definition) is 1. The van der Waals surface area contributed by atoms with E-state index in [1.54, 1.807) is 11.3 Å². The summed E-state index contributed by atoms with van der Waals surface area (Å²) < 4.78 is 6.94. The van der Waals surface area contributed by atoms with Crippen LogP contribution < -0.4 is 5.32 Å². The average Bonchev–Trinajstić information content (AvgIpc) is 2.91. The quantitative estimate of drug-likeness (QED) is 0.815. The van der Waals surface area contributed by atoms with E-state index in [1.807, 2.05) is 18.2 Å². The minimum Gasteiger partial charge on any atom is -0.372 e. The topological polar surface area (TPSA) is 21.3 Å². The zero-order chi connectivity index (χ0) is 13.5. The van der Waals surface area contributed by atoms with Crippen molar-refractivity contribution < 1.29 is 4.74 Å². The van der Waals surface area contributed by atoms with Crippen LogP contribution in [-0.4, -0.2) is 12.6 Å². The number of nitrogens with one attached hydrogen (secondary N) is 1. The molecule has 4 heteroatoms. The first kappa shape index (κ1) is 14.7. The summed E-state index contributed by atoms with van der Waals surface area (Å²) in [6, 6.07) is 12.4. The molecule has 0 aliphatic rings. The third-order valence-electron chi connectivity index (χ3n) is 2.79. The van der Waals surface area contributed by atoms with Gasteiger partial charge in [0.05, 0.1) is 12.7 Å². The molecule has 1 atom stereocenters. The number of rotatable bonds is 7. The van der Waals surface area contributed by atoms with E-state index in [1.165, 1.54) is 10.4 Å². The Morgan fingerprint density at radius 2 is 2.11 bits per heavy atom. The van der Waals surface area contributed by atoms with E-state index in [-0.39, 0.29) is 6.10 Å². The second-order valence-corrected chi connectivity index (χ2v) is 6.31. The summed E-state index contributed by atoms with van der Waals surface area (Å²) >= 11 is 5.31. The molecule has 2 nitrogen and oxygen atoms in total. The fourth-order valence-electron chi connectivity index (χ4n) is 1.72. The fraction of sp³-hybridized carbons (Fsp3) is 0.333. The van der Waals surface area contributed by atoms with Gasteiger partial charge in [-0.05, 0) is 30.0 Å². The number of benzene rings is 1. The van der Waals surface area contributed by atoms with Gasteiger partial charge in [0.15, 0.2) is 0 Å². The molecule has 0 aliphatic carbocycles. The molecule has 0 amide bonds. The molecule has 2 aromatic rings. The van der Waals surface area contributed by atoms with Crippen LogP contribution in [0.2, 0.25) is 0 Å². The third-order valence-corrected chi connectivity index (χ3v) is 4.44. The Labute approximate surface area is 126 Å². The SMILES string of the molecule is CC(CNCc1cccs1)OCc1ccccc1Br. The van der Waals surface area contributed by atoms with Crippen LogP contribution in [0.3, 0.4) is 0 Å². The van der Waals surface area contributed by atoms with Crippen LogP contribution in [0.1, 0.15) is 17.4 Å². The minimum atomic E-state index is 0.201. The van der Waals surface area contributed by atoms with Gasteiger partial charge in [0.25, 0.3) is 0 Å². The van der Waals surface area contributed by atoms with Crippen molar-refractivity contribution >= 4 is 27.3 Å². The van der Waals surface area contributed by atoms with Crippen LogP contribution in [0, 0.1) is 0 Å². The molecule has 102 valence electrons. The Balaban J connectivity index is 1.67. The maximum atomic E-state index is 5.84. The fourth-order valence-corrected chi connectivity index (χ4v) is 2.79. The van der Waals surface area contributed by atoms with Crippen LogP contribution in [0.25, 0.3) is 0 Å². The Hall–Kier alpha value is -0.680. The zero-order valence-electron chi connectivity index (χ0n) is 10.9. The van der Waals surface area contributed by atoms with Gasteiger partial charge >= 0.3 is 0 Å². The first-order valence-corrected chi connectivity index (χ1v) is 8.01. The van der Waals surface area contributed by atoms with E-state index in [0.29, 0.717) is 6.61 Å². The van der Waals surface area contributed by atoms with Crippen LogP contribution in [-0.2, 0) is 17.9 Å². The molecule has 1 N–H and O–H groups in total. The highest BCUT2D eigenvalue weighted by atomic mass is 79.9. The lowest BCUT2D eigenvalue weighted by molar-refractivity contribution is 0.0527. The van der Waals surface area contributed by atoms with Gasteiger partial charge in [0, 0.05) is 22.4 Å². The van der Waals surface area contributed by atoms with Crippen molar-refractivity contribution in [2.75, 3.05) is 6.54 Å². The van der Waals surface area contributed by atoms with Crippen LogP contribution in [0.4, 0.5) is 0 Å². The van der Waals surface area contributed by atoms with Gasteiger partial charge in [-0.1, -0.05) is 40.2 Å². The van der Waals surface area contributed by atoms with Crippen molar-refractivity contribution in [2.24, 2.45) is 0 Å². The summed E-state index contributed by atoms with van der Waals surface area (Å²) in [4.78, 5) is 1.36. The summed E-state index contributed by atoms with van der Waals surface area (Å²) in [6.07, 6.45) is 0.201. The predicted molar refractivity (Wildman–Crippen MR) is 84.4 cm³/mol. The summed E-state index contributed by atoms with van der Waals surface area (Å²) in [7, 11) is 0. The molecule has 0 radical (unpaired) electrons. The normalized spacial score (nSPS) is 12.5. The van der Waals surface area contributed by atoms with Gasteiger partial charge in [-0.15, -0.1) is 11.3 Å². The predicted octanol–water partition coefficient (Wildman–Crippen LogP) is 4.21. The van der Waals surface area contributed by atoms with E-state index in [4.69, 9.17) is 4.74 Å². The standard InChI is InChI=1S/C15H18BrNOS/c1-12(9-17-10-14-6-4-8-19-14)18-11-13-5-2-3-7-15(13)16/h2-8,12,17H,9-11H2,1H3. The van der Waals surface area contributed by atoms with Crippen LogP contribution >= 0.6 is 27.3 Å². The molecule has 0 saturated carbocycles. The number of hydrogen-bond acceptors (Lipinski definition) is 3. The lowest BCUT2D eigenvalue weighted by Gasteiger charge is -2.14. The number of thiophene rings is 1. The zero-order valence-corrected chi connectivity index (χ0v) is 13.3. The van der Waals surface area contributed by atoms with Gasteiger partial charge in [-0.25, -0.2) is 0 Å². The molecule has 0 bridgehead atoms. The number of ether oxygens (including phenoxy) is 1. The molecular formula is C15H18BrNOS. The third kappa shape index (κ3) is 5.07. The lowest BCUT2D eigenvalue weighted by atomic mass is 10.2. The molecule has 0 saturated heterocycles. The average molecular weight is 340 g/mol. The van der Waals surface area contributed by atoms with Crippen molar-refractivity contribution in [2.45, 2.75) is 26.2 Å². The van der Waals surface area contributed by atoms with Gasteiger partial charge in [-0.2, -0.15) is 0 Å². The van der Waals surface area contributed by atoms with Crippen molar-refractivity contribution in [3.8, 4) is 0 Å². The van der Waals surface area contributed by atoms with Crippen LogP contribution in [0.5, 0.6) is 0 Å². The minimum absolute atomic E-state index is 0.201. The maximum Gasteiger partial charge on any atom is 0.0732 e. The second-order valence-electron chi connectivity index (χ2n) is 4.42. The summed E-state index contributed by atoms with van der Waals surface area (Å²) in [6.45, 7) is 4.52. The van der Waals surface area contributed by atoms with Crippen LogP contribution in [0.15, 0.2) is 46.3 Å². The second kappa shape index (κ2) is 7.80. The molecule has 0 fully saturated rings. The molecule has 1 heterocycles. The van der Waals surface area contributed by atoms with E-state index in [9.17, 15) is 0 Å². The van der Waals surface area contributed by atoms with E-state index >= 15 is 0 Å². The highest BCUT2D eigenvalue weighted by Gasteiger charge is 2.04. The van der Waals surface area contributed by atoms with E-state index in [2.05, 4.69) is 51.7 Å². The Morgan fingerprint density at radius 1 is 1.26 bits per heavy atom. The molecule has 1 aromatic carbocycles. The van der Waals surface area contributed by atoms with E-state index in [0.717, 1.165) is 17.6 Å². The molecule has 0 spiro atoms. The highest BCUT2D eigenvalue weighted by Crippen LogP contribution is 2.17. The highest BCUT2D eigenvalue weighted by molar-refractivity contribution is 9.10. The van der Waals surface area contributed by atoms with Crippen molar-refractivity contribution in [3.05, 3.63) is 56.7 Å². The molecule has 0 aliphatic heterocycles. The Morgan fingerprint density at radius 3 is 2.84 bits per heavy atom. The van der Waals surface area contributed by atoms with Crippen molar-refractivity contribution in [3.63, 3.8) is 0 Å². The maximum absolute atomic E-state index is 5.84. The first-order chi connectivity index (χ1) is 9.25. The van der Waals surface area contributed by atoms with Gasteiger partial charge in [0.2, 0.25) is 0 Å². The van der Waals surface area contributed by atoms with Crippen molar-refractivity contribution in [1.82, 2.24) is 5.32 Å². The number of halogens is 1. The van der Waals surface area contributed by atoms with Crippen molar-refractivity contribution in [1.29, 1.82) is 0 Å². The monoisotopic (exact) mass is 339 g/mol.